The summed E-state index contributed by atoms with van der Waals surface area (Å²) in [5.41, 5.74) is 3.54. The van der Waals surface area contributed by atoms with Crippen molar-refractivity contribution >= 4 is 11.4 Å². The molecule has 0 radical (unpaired) electrons. The molecule has 2 rings (SSSR count). The van der Waals surface area contributed by atoms with Crippen LogP contribution in [-0.2, 0) is 6.54 Å². The zero-order valence-corrected chi connectivity index (χ0v) is 12.4. The van der Waals surface area contributed by atoms with Crippen molar-refractivity contribution in [3.8, 4) is 5.75 Å². The Morgan fingerprint density at radius 2 is 1.80 bits per heavy atom. The van der Waals surface area contributed by atoms with Crippen molar-refractivity contribution in [2.24, 2.45) is 0 Å². The molecule has 0 fully saturated rings. The summed E-state index contributed by atoms with van der Waals surface area (Å²) in [6, 6.07) is 16.6. The monoisotopic (exact) mass is 270 g/mol. The highest BCUT2D eigenvalue weighted by atomic mass is 16.5. The van der Waals surface area contributed by atoms with Crippen LogP contribution in [0.3, 0.4) is 0 Å². The minimum Gasteiger partial charge on any atom is -0.494 e. The molecule has 106 valence electrons. The summed E-state index contributed by atoms with van der Waals surface area (Å²) < 4.78 is 5.51. The molecule has 0 amide bonds. The van der Waals surface area contributed by atoms with Crippen molar-refractivity contribution in [2.45, 2.75) is 13.5 Å². The van der Waals surface area contributed by atoms with Gasteiger partial charge >= 0.3 is 0 Å². The number of rotatable bonds is 6. The fourth-order valence-electron chi connectivity index (χ4n) is 1.99. The van der Waals surface area contributed by atoms with Gasteiger partial charge < -0.3 is 15.0 Å². The van der Waals surface area contributed by atoms with E-state index >= 15 is 0 Å². The maximum absolute atomic E-state index is 5.51. The molecule has 0 heterocycles. The Hall–Kier alpha value is -2.16. The van der Waals surface area contributed by atoms with Gasteiger partial charge in [-0.1, -0.05) is 12.1 Å². The number of hydrogen-bond donors (Lipinski definition) is 1. The van der Waals surface area contributed by atoms with E-state index in [1.807, 2.05) is 33.2 Å². The van der Waals surface area contributed by atoms with Gasteiger partial charge in [0.25, 0.3) is 0 Å². The summed E-state index contributed by atoms with van der Waals surface area (Å²) in [5, 5.41) is 3.42. The first-order valence-corrected chi connectivity index (χ1v) is 6.92. The van der Waals surface area contributed by atoms with Crippen LogP contribution in [0.25, 0.3) is 0 Å². The van der Waals surface area contributed by atoms with Gasteiger partial charge in [-0.05, 0) is 48.9 Å². The van der Waals surface area contributed by atoms with Gasteiger partial charge in [0, 0.05) is 32.0 Å². The second-order valence-electron chi connectivity index (χ2n) is 4.88. The molecule has 0 unspecified atom stereocenters. The smallest absolute Gasteiger partial charge is 0.119 e. The first-order chi connectivity index (χ1) is 9.69. The van der Waals surface area contributed by atoms with E-state index in [-0.39, 0.29) is 0 Å². The first-order valence-electron chi connectivity index (χ1n) is 6.92. The maximum Gasteiger partial charge on any atom is 0.119 e. The summed E-state index contributed by atoms with van der Waals surface area (Å²) in [7, 11) is 4.09. The molecule has 0 bridgehead atoms. The van der Waals surface area contributed by atoms with Gasteiger partial charge in [0.15, 0.2) is 0 Å². The topological polar surface area (TPSA) is 24.5 Å². The Bertz CT molecular complexity index is 535. The third kappa shape index (κ3) is 3.92. The molecular formula is C17H22N2O. The molecule has 2 aromatic rings. The second kappa shape index (κ2) is 6.85. The predicted octanol–water partition coefficient (Wildman–Crippen LogP) is 3.76. The molecule has 0 saturated heterocycles. The summed E-state index contributed by atoms with van der Waals surface area (Å²) in [6.45, 7) is 3.49. The van der Waals surface area contributed by atoms with Crippen molar-refractivity contribution < 1.29 is 4.74 Å². The first kappa shape index (κ1) is 14.3. The number of benzene rings is 2. The van der Waals surface area contributed by atoms with Gasteiger partial charge in [-0.2, -0.15) is 0 Å². The standard InChI is InChI=1S/C17H22N2O/c1-4-20-17-7-5-6-14(12-17)13-18-15-8-10-16(11-9-15)19(2)3/h5-12,18H,4,13H2,1-3H3. The van der Waals surface area contributed by atoms with Crippen LogP contribution in [0.15, 0.2) is 48.5 Å². The van der Waals surface area contributed by atoms with E-state index in [0.717, 1.165) is 18.0 Å². The molecule has 0 aliphatic rings. The van der Waals surface area contributed by atoms with Gasteiger partial charge in [0.2, 0.25) is 0 Å². The minimum absolute atomic E-state index is 0.697. The summed E-state index contributed by atoms with van der Waals surface area (Å²) in [4.78, 5) is 2.09. The van der Waals surface area contributed by atoms with Gasteiger partial charge in [0.05, 0.1) is 6.61 Å². The molecular weight excluding hydrogens is 248 g/mol. The third-order valence-electron chi connectivity index (χ3n) is 3.09. The second-order valence-corrected chi connectivity index (χ2v) is 4.88. The molecule has 3 nitrogen and oxygen atoms in total. The average molecular weight is 270 g/mol. The number of anilines is 2. The fraction of sp³-hybridized carbons (Fsp3) is 0.294. The Kier molecular flexibility index (Phi) is 4.88. The highest BCUT2D eigenvalue weighted by Crippen LogP contribution is 2.18. The summed E-state index contributed by atoms with van der Waals surface area (Å²) in [6.07, 6.45) is 0. The normalized spacial score (nSPS) is 10.2. The van der Waals surface area contributed by atoms with Gasteiger partial charge in [0.1, 0.15) is 5.75 Å². The van der Waals surface area contributed by atoms with Crippen molar-refractivity contribution in [3.05, 3.63) is 54.1 Å². The Morgan fingerprint density at radius 3 is 2.45 bits per heavy atom. The van der Waals surface area contributed by atoms with Crippen LogP contribution in [0.1, 0.15) is 12.5 Å². The number of ether oxygens (including phenoxy) is 1. The number of nitrogens with zero attached hydrogens (tertiary/aromatic N) is 1. The summed E-state index contributed by atoms with van der Waals surface area (Å²) in [5.74, 6) is 0.926. The van der Waals surface area contributed by atoms with Crippen LogP contribution in [0.5, 0.6) is 5.75 Å². The average Bonchev–Trinajstić information content (AvgIpc) is 2.46. The van der Waals surface area contributed by atoms with E-state index in [0.29, 0.717) is 6.61 Å². The number of hydrogen-bond acceptors (Lipinski definition) is 3. The Labute approximate surface area is 121 Å². The molecule has 0 spiro atoms. The van der Waals surface area contributed by atoms with E-state index in [9.17, 15) is 0 Å². The lowest BCUT2D eigenvalue weighted by atomic mass is 10.2. The van der Waals surface area contributed by atoms with Crippen LogP contribution in [0.2, 0.25) is 0 Å². The third-order valence-corrected chi connectivity index (χ3v) is 3.09. The van der Waals surface area contributed by atoms with Gasteiger partial charge in [-0.25, -0.2) is 0 Å². The molecule has 0 aliphatic carbocycles. The molecule has 0 aliphatic heterocycles. The van der Waals surface area contributed by atoms with Gasteiger partial charge in [-0.15, -0.1) is 0 Å². The van der Waals surface area contributed by atoms with Crippen molar-refractivity contribution in [2.75, 3.05) is 30.9 Å². The largest absolute Gasteiger partial charge is 0.494 e. The van der Waals surface area contributed by atoms with E-state index in [1.54, 1.807) is 0 Å². The Morgan fingerprint density at radius 1 is 1.05 bits per heavy atom. The predicted molar refractivity (Wildman–Crippen MR) is 85.7 cm³/mol. The fourth-order valence-corrected chi connectivity index (χ4v) is 1.99. The molecule has 2 aromatic carbocycles. The van der Waals surface area contributed by atoms with E-state index < -0.39 is 0 Å². The van der Waals surface area contributed by atoms with Crippen LogP contribution >= 0.6 is 0 Å². The van der Waals surface area contributed by atoms with Crippen LogP contribution < -0.4 is 15.0 Å². The van der Waals surface area contributed by atoms with Gasteiger partial charge in [-0.3, -0.25) is 0 Å². The Balaban J connectivity index is 1.96. The van der Waals surface area contributed by atoms with E-state index in [1.165, 1.54) is 11.3 Å². The molecule has 20 heavy (non-hydrogen) atoms. The lowest BCUT2D eigenvalue weighted by molar-refractivity contribution is 0.340. The maximum atomic E-state index is 5.51. The lowest BCUT2D eigenvalue weighted by Gasteiger charge is -2.13. The molecule has 3 heteroatoms. The molecule has 1 N–H and O–H groups in total. The van der Waals surface area contributed by atoms with Crippen LogP contribution in [0, 0.1) is 0 Å². The quantitative estimate of drug-likeness (QED) is 0.865. The van der Waals surface area contributed by atoms with Crippen LogP contribution in [0.4, 0.5) is 11.4 Å². The van der Waals surface area contributed by atoms with E-state index in [4.69, 9.17) is 4.74 Å². The molecule has 0 aromatic heterocycles. The zero-order chi connectivity index (χ0) is 14.4. The van der Waals surface area contributed by atoms with Crippen molar-refractivity contribution in [3.63, 3.8) is 0 Å². The number of nitrogens with one attached hydrogen (secondary N) is 1. The highest BCUT2D eigenvalue weighted by Gasteiger charge is 1.98. The van der Waals surface area contributed by atoms with Crippen molar-refractivity contribution in [1.82, 2.24) is 0 Å². The minimum atomic E-state index is 0.697. The SMILES string of the molecule is CCOc1cccc(CNc2ccc(N(C)C)cc2)c1. The van der Waals surface area contributed by atoms with Crippen molar-refractivity contribution in [1.29, 1.82) is 0 Å². The molecule has 0 atom stereocenters. The lowest BCUT2D eigenvalue weighted by Crippen LogP contribution is -2.08. The van der Waals surface area contributed by atoms with E-state index in [2.05, 4.69) is 46.6 Å². The summed E-state index contributed by atoms with van der Waals surface area (Å²) >= 11 is 0. The van der Waals surface area contributed by atoms with Crippen LogP contribution in [-0.4, -0.2) is 20.7 Å². The molecule has 0 saturated carbocycles. The zero-order valence-electron chi connectivity index (χ0n) is 12.4. The highest BCUT2D eigenvalue weighted by molar-refractivity contribution is 5.54.